The highest BCUT2D eigenvalue weighted by Crippen LogP contribution is 2.29. The van der Waals surface area contributed by atoms with Gasteiger partial charge in [-0.1, -0.05) is 6.07 Å². The van der Waals surface area contributed by atoms with Crippen LogP contribution in [0.3, 0.4) is 0 Å². The Balaban J connectivity index is 1.83. The second-order valence-corrected chi connectivity index (χ2v) is 6.94. The van der Waals surface area contributed by atoms with E-state index in [4.69, 9.17) is 14.2 Å². The molecule has 1 aliphatic rings. The Morgan fingerprint density at radius 3 is 2.71 bits per heavy atom. The van der Waals surface area contributed by atoms with Gasteiger partial charge in [-0.05, 0) is 58.8 Å². The minimum absolute atomic E-state index is 0.184. The van der Waals surface area contributed by atoms with E-state index >= 15 is 0 Å². The standard InChI is InChI=1S/C18H26BrNO4/c1-14(21)20-7-5-15(6-8-20)11-16-3-4-17(19)18(12-16)24-10-9-23-13-22-2/h3-4,12,15H,5-11,13H2,1-2H3. The molecule has 1 amide bonds. The van der Waals surface area contributed by atoms with Crippen LogP contribution in [0.25, 0.3) is 0 Å². The molecule has 0 aromatic heterocycles. The number of hydrogen-bond donors (Lipinski definition) is 0. The summed E-state index contributed by atoms with van der Waals surface area (Å²) < 4.78 is 16.8. The van der Waals surface area contributed by atoms with Gasteiger partial charge in [0.15, 0.2) is 0 Å². The van der Waals surface area contributed by atoms with E-state index in [0.717, 1.165) is 42.6 Å². The zero-order chi connectivity index (χ0) is 17.4. The van der Waals surface area contributed by atoms with Crippen molar-refractivity contribution in [2.75, 3.05) is 40.2 Å². The predicted octanol–water partition coefficient (Wildman–Crippen LogP) is 3.25. The van der Waals surface area contributed by atoms with Gasteiger partial charge in [0.25, 0.3) is 0 Å². The van der Waals surface area contributed by atoms with E-state index in [1.54, 1.807) is 14.0 Å². The number of halogens is 1. The predicted molar refractivity (Wildman–Crippen MR) is 96.1 cm³/mol. The third kappa shape index (κ3) is 6.07. The van der Waals surface area contributed by atoms with Gasteiger partial charge in [0.1, 0.15) is 19.1 Å². The summed E-state index contributed by atoms with van der Waals surface area (Å²) in [6, 6.07) is 6.26. The van der Waals surface area contributed by atoms with Crippen LogP contribution in [0.5, 0.6) is 5.75 Å². The van der Waals surface area contributed by atoms with Crippen molar-refractivity contribution in [3.05, 3.63) is 28.2 Å². The van der Waals surface area contributed by atoms with E-state index in [2.05, 4.69) is 28.1 Å². The zero-order valence-electron chi connectivity index (χ0n) is 14.4. The summed E-state index contributed by atoms with van der Waals surface area (Å²) in [6.45, 7) is 4.66. The number of carbonyl (C=O) groups excluding carboxylic acids is 1. The van der Waals surface area contributed by atoms with Crippen molar-refractivity contribution < 1.29 is 19.0 Å². The Bertz CT molecular complexity index is 530. The number of likely N-dealkylation sites (tertiary alicyclic amines) is 1. The molecule has 6 heteroatoms. The summed E-state index contributed by atoms with van der Waals surface area (Å²) in [6.07, 6.45) is 3.16. The Morgan fingerprint density at radius 1 is 1.29 bits per heavy atom. The Labute approximate surface area is 152 Å². The first kappa shape index (κ1) is 19.2. The monoisotopic (exact) mass is 399 g/mol. The van der Waals surface area contributed by atoms with Gasteiger partial charge in [-0.3, -0.25) is 4.79 Å². The SMILES string of the molecule is COCOCCOc1cc(CC2CCN(C(C)=O)CC2)ccc1Br. The van der Waals surface area contributed by atoms with Crippen LogP contribution in [0.15, 0.2) is 22.7 Å². The van der Waals surface area contributed by atoms with Crippen molar-refractivity contribution in [2.45, 2.75) is 26.2 Å². The number of ether oxygens (including phenoxy) is 3. The first-order valence-electron chi connectivity index (χ1n) is 8.33. The van der Waals surface area contributed by atoms with Gasteiger partial charge in [-0.2, -0.15) is 0 Å². The summed E-state index contributed by atoms with van der Waals surface area (Å²) in [5.74, 6) is 1.65. The first-order valence-corrected chi connectivity index (χ1v) is 9.13. The molecular formula is C18H26BrNO4. The van der Waals surface area contributed by atoms with E-state index in [1.165, 1.54) is 5.56 Å². The van der Waals surface area contributed by atoms with Gasteiger partial charge in [-0.15, -0.1) is 0 Å². The molecular weight excluding hydrogens is 374 g/mol. The minimum Gasteiger partial charge on any atom is -0.490 e. The molecule has 134 valence electrons. The van der Waals surface area contributed by atoms with Crippen molar-refractivity contribution in [2.24, 2.45) is 5.92 Å². The second kappa shape index (κ2) is 10.0. The highest BCUT2D eigenvalue weighted by atomic mass is 79.9. The van der Waals surface area contributed by atoms with E-state index in [-0.39, 0.29) is 12.7 Å². The third-order valence-corrected chi connectivity index (χ3v) is 4.92. The zero-order valence-corrected chi connectivity index (χ0v) is 16.0. The number of methoxy groups -OCH3 is 1. The van der Waals surface area contributed by atoms with E-state index < -0.39 is 0 Å². The number of carbonyl (C=O) groups is 1. The molecule has 0 aliphatic carbocycles. The van der Waals surface area contributed by atoms with Gasteiger partial charge >= 0.3 is 0 Å². The van der Waals surface area contributed by atoms with Crippen molar-refractivity contribution in [3.8, 4) is 5.75 Å². The van der Waals surface area contributed by atoms with E-state index in [1.807, 2.05) is 11.0 Å². The molecule has 0 radical (unpaired) electrons. The van der Waals surface area contributed by atoms with Crippen LogP contribution in [0.4, 0.5) is 0 Å². The number of benzene rings is 1. The smallest absolute Gasteiger partial charge is 0.219 e. The summed E-state index contributed by atoms with van der Waals surface area (Å²) in [5, 5.41) is 0. The van der Waals surface area contributed by atoms with Crippen molar-refractivity contribution >= 4 is 21.8 Å². The molecule has 0 saturated carbocycles. The quantitative estimate of drug-likeness (QED) is 0.497. The molecule has 1 saturated heterocycles. The van der Waals surface area contributed by atoms with Crippen molar-refractivity contribution in [1.29, 1.82) is 0 Å². The summed E-state index contributed by atoms with van der Waals surface area (Å²) >= 11 is 3.53. The molecule has 1 fully saturated rings. The molecule has 1 heterocycles. The molecule has 0 N–H and O–H groups in total. The third-order valence-electron chi connectivity index (χ3n) is 4.27. The van der Waals surface area contributed by atoms with Gasteiger partial charge < -0.3 is 19.1 Å². The van der Waals surface area contributed by atoms with E-state index in [9.17, 15) is 4.79 Å². The highest BCUT2D eigenvalue weighted by Gasteiger charge is 2.21. The highest BCUT2D eigenvalue weighted by molar-refractivity contribution is 9.10. The second-order valence-electron chi connectivity index (χ2n) is 6.08. The molecule has 0 unspecified atom stereocenters. The summed E-state index contributed by atoms with van der Waals surface area (Å²) in [4.78, 5) is 13.3. The average Bonchev–Trinajstić information content (AvgIpc) is 2.58. The molecule has 24 heavy (non-hydrogen) atoms. The Kier molecular flexibility index (Phi) is 8.02. The molecule has 5 nitrogen and oxygen atoms in total. The van der Waals surface area contributed by atoms with Crippen LogP contribution in [0.2, 0.25) is 0 Å². The maximum atomic E-state index is 11.4. The molecule has 1 aliphatic heterocycles. The molecule has 1 aromatic carbocycles. The molecule has 0 bridgehead atoms. The lowest BCUT2D eigenvalue weighted by Gasteiger charge is -2.31. The minimum atomic E-state index is 0.184. The molecule has 0 spiro atoms. The number of amides is 1. The fourth-order valence-electron chi connectivity index (χ4n) is 2.92. The van der Waals surface area contributed by atoms with Crippen molar-refractivity contribution in [3.63, 3.8) is 0 Å². The van der Waals surface area contributed by atoms with Crippen LogP contribution in [0, 0.1) is 5.92 Å². The maximum Gasteiger partial charge on any atom is 0.219 e. The fourth-order valence-corrected chi connectivity index (χ4v) is 3.28. The lowest BCUT2D eigenvalue weighted by atomic mass is 9.90. The van der Waals surface area contributed by atoms with Gasteiger partial charge in [0, 0.05) is 27.1 Å². The summed E-state index contributed by atoms with van der Waals surface area (Å²) in [7, 11) is 1.60. The first-order chi connectivity index (χ1) is 11.6. The van der Waals surface area contributed by atoms with Crippen LogP contribution < -0.4 is 4.74 Å². The van der Waals surface area contributed by atoms with Crippen molar-refractivity contribution in [1.82, 2.24) is 4.90 Å². The molecule has 1 aromatic rings. The lowest BCUT2D eigenvalue weighted by molar-refractivity contribution is -0.130. The average molecular weight is 400 g/mol. The fraction of sp³-hybridized carbons (Fsp3) is 0.611. The Morgan fingerprint density at radius 2 is 2.04 bits per heavy atom. The lowest BCUT2D eigenvalue weighted by Crippen LogP contribution is -2.37. The largest absolute Gasteiger partial charge is 0.490 e. The van der Waals surface area contributed by atoms with Crippen LogP contribution in [-0.4, -0.2) is 51.0 Å². The molecule has 2 rings (SSSR count). The Hall–Kier alpha value is -1.11. The van der Waals surface area contributed by atoms with Gasteiger partial charge in [0.2, 0.25) is 5.91 Å². The number of hydrogen-bond acceptors (Lipinski definition) is 4. The summed E-state index contributed by atoms with van der Waals surface area (Å²) in [5.41, 5.74) is 1.27. The number of nitrogens with zero attached hydrogens (tertiary/aromatic N) is 1. The number of piperidine rings is 1. The van der Waals surface area contributed by atoms with E-state index in [0.29, 0.717) is 19.1 Å². The van der Waals surface area contributed by atoms with Crippen LogP contribution in [-0.2, 0) is 20.7 Å². The maximum absolute atomic E-state index is 11.4. The van der Waals surface area contributed by atoms with Crippen LogP contribution >= 0.6 is 15.9 Å². The topological polar surface area (TPSA) is 48.0 Å². The van der Waals surface area contributed by atoms with Crippen LogP contribution in [0.1, 0.15) is 25.3 Å². The number of rotatable bonds is 8. The van der Waals surface area contributed by atoms with Gasteiger partial charge in [0.05, 0.1) is 11.1 Å². The molecule has 0 atom stereocenters. The van der Waals surface area contributed by atoms with Gasteiger partial charge in [-0.25, -0.2) is 0 Å². The normalized spacial score (nSPS) is 15.5.